The molecule has 0 aliphatic carbocycles. The molecule has 0 atom stereocenters. The van der Waals surface area contributed by atoms with E-state index in [0.29, 0.717) is 24.4 Å². The van der Waals surface area contributed by atoms with Crippen molar-refractivity contribution in [3.63, 3.8) is 0 Å². The Morgan fingerprint density at radius 1 is 1.27 bits per heavy atom. The Kier molecular flexibility index (Phi) is 5.96. The van der Waals surface area contributed by atoms with Crippen molar-refractivity contribution in [1.29, 1.82) is 0 Å². The molecule has 0 spiro atoms. The zero-order valence-electron chi connectivity index (χ0n) is 13.7. The summed E-state index contributed by atoms with van der Waals surface area (Å²) < 4.78 is 29.0. The smallest absolute Gasteiger partial charge is 0.255 e. The number of amides is 1. The molecule has 0 aromatic heterocycles. The lowest BCUT2D eigenvalue weighted by Gasteiger charge is -2.23. The predicted octanol–water partition coefficient (Wildman–Crippen LogP) is 1.95. The second-order valence-corrected chi connectivity index (χ2v) is 6.80. The maximum atomic E-state index is 12.8. The summed E-state index contributed by atoms with van der Waals surface area (Å²) in [5, 5.41) is 5.32. The van der Waals surface area contributed by atoms with Crippen molar-refractivity contribution >= 4 is 15.9 Å². The van der Waals surface area contributed by atoms with E-state index in [4.69, 9.17) is 9.88 Å². The number of primary sulfonamides is 1. The van der Waals surface area contributed by atoms with Crippen LogP contribution < -0.4 is 9.88 Å². The summed E-state index contributed by atoms with van der Waals surface area (Å²) in [5.41, 5.74) is 0.752. The summed E-state index contributed by atoms with van der Waals surface area (Å²) in [6.45, 7) is 8.44. The zero-order chi connectivity index (χ0) is 17.1. The average Bonchev–Trinajstić information content (AvgIpc) is 2.45. The molecule has 0 fully saturated rings. The molecule has 0 saturated heterocycles. The number of nitrogens with two attached hydrogens (primary N) is 1. The molecule has 0 aliphatic rings. The monoisotopic (exact) mass is 328 g/mol. The highest BCUT2D eigenvalue weighted by molar-refractivity contribution is 7.89. The van der Waals surface area contributed by atoms with Crippen LogP contribution in [0.3, 0.4) is 0 Å². The number of hydrogen-bond donors (Lipinski definition) is 1. The third-order valence-electron chi connectivity index (χ3n) is 3.53. The van der Waals surface area contributed by atoms with E-state index in [1.54, 1.807) is 11.0 Å². The van der Waals surface area contributed by atoms with Crippen molar-refractivity contribution in [2.24, 2.45) is 5.14 Å². The van der Waals surface area contributed by atoms with E-state index in [9.17, 15) is 13.2 Å². The molecule has 1 aromatic carbocycles. The quantitative estimate of drug-likeness (QED) is 0.864. The molecular formula is C15H24N2O4S. The van der Waals surface area contributed by atoms with Crippen LogP contribution in [0.25, 0.3) is 0 Å². The van der Waals surface area contributed by atoms with Gasteiger partial charge in [0.05, 0.1) is 17.6 Å². The summed E-state index contributed by atoms with van der Waals surface area (Å²) in [5.74, 6) is -0.0192. The number of benzene rings is 1. The van der Waals surface area contributed by atoms with Gasteiger partial charge in [-0.1, -0.05) is 13.8 Å². The van der Waals surface area contributed by atoms with Crippen LogP contribution >= 0.6 is 0 Å². The minimum Gasteiger partial charge on any atom is -0.497 e. The second-order valence-electron chi connectivity index (χ2n) is 5.27. The number of carbonyl (C=O) groups excluding carboxylic acids is 1. The van der Waals surface area contributed by atoms with Crippen LogP contribution in [0.4, 0.5) is 0 Å². The van der Waals surface area contributed by atoms with Crippen LogP contribution in [0.5, 0.6) is 5.75 Å². The molecule has 1 rings (SSSR count). The predicted molar refractivity (Wildman–Crippen MR) is 85.7 cm³/mol. The lowest BCUT2D eigenvalue weighted by atomic mass is 9.95. The van der Waals surface area contributed by atoms with Gasteiger partial charge in [-0.3, -0.25) is 4.79 Å². The molecule has 1 amide bonds. The Bertz CT molecular complexity index is 650. The number of nitrogens with zero attached hydrogens (tertiary/aromatic N) is 1. The number of sulfonamides is 1. The van der Waals surface area contributed by atoms with E-state index in [-0.39, 0.29) is 22.3 Å². The fourth-order valence-electron chi connectivity index (χ4n) is 2.31. The number of methoxy groups -OCH3 is 1. The van der Waals surface area contributed by atoms with Crippen molar-refractivity contribution in [1.82, 2.24) is 4.90 Å². The van der Waals surface area contributed by atoms with Gasteiger partial charge in [-0.05, 0) is 31.4 Å². The minimum absolute atomic E-state index is 0.0508. The van der Waals surface area contributed by atoms with E-state index < -0.39 is 10.0 Å². The summed E-state index contributed by atoms with van der Waals surface area (Å²) in [6, 6.07) is 2.99. The van der Waals surface area contributed by atoms with Crippen LogP contribution in [0.15, 0.2) is 17.0 Å². The van der Waals surface area contributed by atoms with Crippen LogP contribution in [-0.4, -0.2) is 39.4 Å². The van der Waals surface area contributed by atoms with Gasteiger partial charge < -0.3 is 9.64 Å². The molecule has 0 aliphatic heterocycles. The van der Waals surface area contributed by atoms with Gasteiger partial charge in [0.2, 0.25) is 10.0 Å². The second kappa shape index (κ2) is 7.11. The number of rotatable bonds is 6. The molecule has 0 saturated carbocycles. The maximum absolute atomic E-state index is 12.8. The van der Waals surface area contributed by atoms with Gasteiger partial charge in [-0.25, -0.2) is 13.6 Å². The normalized spacial score (nSPS) is 11.6. The zero-order valence-corrected chi connectivity index (χ0v) is 14.5. The molecule has 124 valence electrons. The SMILES string of the molecule is CCN(CC)C(=O)c1c(C(C)C)cc(OC)cc1S(N)(=O)=O. The summed E-state index contributed by atoms with van der Waals surface area (Å²) in [4.78, 5) is 14.1. The molecule has 1 aromatic rings. The van der Waals surface area contributed by atoms with E-state index in [0.717, 1.165) is 0 Å². The fourth-order valence-corrected chi connectivity index (χ4v) is 3.08. The van der Waals surface area contributed by atoms with Crippen molar-refractivity contribution < 1.29 is 17.9 Å². The molecule has 7 heteroatoms. The third kappa shape index (κ3) is 3.78. The number of ether oxygens (including phenoxy) is 1. The van der Waals surface area contributed by atoms with Gasteiger partial charge >= 0.3 is 0 Å². The van der Waals surface area contributed by atoms with Crippen molar-refractivity contribution in [3.05, 3.63) is 23.3 Å². The van der Waals surface area contributed by atoms with Gasteiger partial charge in [-0.2, -0.15) is 0 Å². The Balaban J connectivity index is 3.75. The Morgan fingerprint density at radius 2 is 1.82 bits per heavy atom. The molecule has 2 N–H and O–H groups in total. The van der Waals surface area contributed by atoms with E-state index in [2.05, 4.69) is 0 Å². The first-order valence-electron chi connectivity index (χ1n) is 7.21. The van der Waals surface area contributed by atoms with E-state index >= 15 is 0 Å². The highest BCUT2D eigenvalue weighted by atomic mass is 32.2. The largest absolute Gasteiger partial charge is 0.497 e. The van der Waals surface area contributed by atoms with Crippen LogP contribution in [0.1, 0.15) is 49.5 Å². The van der Waals surface area contributed by atoms with Gasteiger partial charge in [0.1, 0.15) is 5.75 Å². The van der Waals surface area contributed by atoms with Crippen LogP contribution in [0, 0.1) is 0 Å². The van der Waals surface area contributed by atoms with Crippen molar-refractivity contribution in [3.8, 4) is 5.75 Å². The van der Waals surface area contributed by atoms with Gasteiger partial charge in [0, 0.05) is 19.2 Å². The molecule has 22 heavy (non-hydrogen) atoms. The first kappa shape index (κ1) is 18.4. The maximum Gasteiger partial charge on any atom is 0.255 e. The highest BCUT2D eigenvalue weighted by Crippen LogP contribution is 2.31. The highest BCUT2D eigenvalue weighted by Gasteiger charge is 2.28. The molecular weight excluding hydrogens is 304 g/mol. The molecule has 0 radical (unpaired) electrons. The first-order valence-corrected chi connectivity index (χ1v) is 8.75. The molecule has 0 unspecified atom stereocenters. The minimum atomic E-state index is -4.04. The Hall–Kier alpha value is -1.60. The van der Waals surface area contributed by atoms with Crippen molar-refractivity contribution in [2.75, 3.05) is 20.2 Å². The van der Waals surface area contributed by atoms with Crippen molar-refractivity contribution in [2.45, 2.75) is 38.5 Å². The third-order valence-corrected chi connectivity index (χ3v) is 4.47. The summed E-state index contributed by atoms with van der Waals surface area (Å²) in [7, 11) is -2.60. The standard InChI is InChI=1S/C15H24N2O4S/c1-6-17(7-2)15(18)14-12(10(3)4)8-11(21-5)9-13(14)22(16,19)20/h8-10H,6-7H2,1-5H3,(H2,16,19,20). The van der Waals surface area contributed by atoms with E-state index in [1.807, 2.05) is 27.7 Å². The van der Waals surface area contributed by atoms with Gasteiger partial charge in [0.25, 0.3) is 5.91 Å². The molecule has 0 heterocycles. The van der Waals surface area contributed by atoms with E-state index in [1.165, 1.54) is 13.2 Å². The lowest BCUT2D eigenvalue weighted by molar-refractivity contribution is 0.0767. The van der Waals surface area contributed by atoms with Gasteiger partial charge in [-0.15, -0.1) is 0 Å². The topological polar surface area (TPSA) is 89.7 Å². The number of carbonyl (C=O) groups is 1. The fraction of sp³-hybridized carbons (Fsp3) is 0.533. The Labute approximate surface area is 132 Å². The van der Waals surface area contributed by atoms with Gasteiger partial charge in [0.15, 0.2) is 0 Å². The number of hydrogen-bond acceptors (Lipinski definition) is 4. The van der Waals surface area contributed by atoms with Crippen LogP contribution in [-0.2, 0) is 10.0 Å². The summed E-state index contributed by atoms with van der Waals surface area (Å²) in [6.07, 6.45) is 0. The first-order chi connectivity index (χ1) is 10.2. The Morgan fingerprint density at radius 3 is 2.18 bits per heavy atom. The lowest BCUT2D eigenvalue weighted by Crippen LogP contribution is -2.33. The molecule has 0 bridgehead atoms. The summed E-state index contributed by atoms with van der Waals surface area (Å²) >= 11 is 0. The average molecular weight is 328 g/mol. The molecule has 6 nitrogen and oxygen atoms in total. The van der Waals surface area contributed by atoms with Crippen LogP contribution in [0.2, 0.25) is 0 Å².